The number of Topliss-reactive ketones (excluding diaryl/α,β-unsaturated/α-hetero) is 1. The monoisotopic (exact) mass is 306 g/mol. The maximum absolute atomic E-state index is 11.9. The van der Waals surface area contributed by atoms with Crippen LogP contribution in [0.1, 0.15) is 58.3 Å². The molecular formula is C18H26O4. The molecule has 0 saturated heterocycles. The van der Waals surface area contributed by atoms with Gasteiger partial charge < -0.3 is 5.11 Å². The van der Waals surface area contributed by atoms with Gasteiger partial charge in [-0.1, -0.05) is 25.2 Å². The normalized spacial score (nSPS) is 22.0. The Morgan fingerprint density at radius 2 is 2.05 bits per heavy atom. The minimum atomic E-state index is -0.777. The smallest absolute Gasteiger partial charge is 0.303 e. The van der Waals surface area contributed by atoms with Gasteiger partial charge in [0.25, 0.3) is 0 Å². The van der Waals surface area contributed by atoms with Gasteiger partial charge in [0.05, 0.1) is 0 Å². The van der Waals surface area contributed by atoms with Gasteiger partial charge in [-0.05, 0) is 44.1 Å². The van der Waals surface area contributed by atoms with Crippen molar-refractivity contribution in [2.24, 2.45) is 11.8 Å². The highest BCUT2D eigenvalue weighted by molar-refractivity contribution is 5.90. The van der Waals surface area contributed by atoms with Gasteiger partial charge in [-0.3, -0.25) is 14.4 Å². The van der Waals surface area contributed by atoms with Crippen LogP contribution in [0.4, 0.5) is 0 Å². The van der Waals surface area contributed by atoms with Crippen LogP contribution in [0.2, 0.25) is 0 Å². The molecule has 4 heteroatoms. The fourth-order valence-corrected chi connectivity index (χ4v) is 2.76. The molecule has 1 rings (SSSR count). The minimum Gasteiger partial charge on any atom is -0.481 e. The van der Waals surface area contributed by atoms with Gasteiger partial charge >= 0.3 is 5.97 Å². The zero-order chi connectivity index (χ0) is 16.4. The number of rotatable bonds is 10. The van der Waals surface area contributed by atoms with Crippen molar-refractivity contribution in [2.45, 2.75) is 58.3 Å². The Hall–Kier alpha value is -1.71. The molecule has 0 spiro atoms. The number of ketones is 2. The van der Waals surface area contributed by atoms with E-state index in [1.165, 1.54) is 0 Å². The summed E-state index contributed by atoms with van der Waals surface area (Å²) < 4.78 is 0. The molecule has 1 aliphatic carbocycles. The highest BCUT2D eigenvalue weighted by Gasteiger charge is 2.31. The molecule has 122 valence electrons. The van der Waals surface area contributed by atoms with Crippen molar-refractivity contribution >= 4 is 17.5 Å². The Labute approximate surface area is 132 Å². The van der Waals surface area contributed by atoms with E-state index in [-0.39, 0.29) is 29.8 Å². The first kappa shape index (κ1) is 18.3. The van der Waals surface area contributed by atoms with Gasteiger partial charge in [0.15, 0.2) is 5.78 Å². The zero-order valence-electron chi connectivity index (χ0n) is 13.3. The second-order valence-electron chi connectivity index (χ2n) is 5.84. The molecule has 1 fully saturated rings. The Bertz CT molecular complexity index is 448. The predicted molar refractivity (Wildman–Crippen MR) is 85.5 cm³/mol. The lowest BCUT2D eigenvalue weighted by atomic mass is 9.91. The summed E-state index contributed by atoms with van der Waals surface area (Å²) in [5.74, 6) is -0.239. The molecule has 1 N–H and O–H groups in total. The molecular weight excluding hydrogens is 280 g/mol. The number of carbonyl (C=O) groups is 3. The maximum Gasteiger partial charge on any atom is 0.303 e. The number of allylic oxidation sites excluding steroid dienone is 4. The molecule has 0 aliphatic heterocycles. The predicted octanol–water partition coefficient (Wildman–Crippen LogP) is 3.71. The molecule has 1 aliphatic rings. The average molecular weight is 306 g/mol. The molecule has 0 aromatic heterocycles. The molecule has 2 atom stereocenters. The number of carbonyl (C=O) groups excluding carboxylic acids is 2. The van der Waals surface area contributed by atoms with E-state index in [0.29, 0.717) is 25.7 Å². The standard InChI is InChI=1S/C18H26O4/c1-2-7-15(19)12-10-14-11-13-17(20)16(14)8-5-3-4-6-9-18(21)22/h3,5,10,12,14,16H,2,4,6-9,11,13H2,1H3,(H,21,22)/b5-3+,12-10+. The van der Waals surface area contributed by atoms with E-state index in [1.54, 1.807) is 6.08 Å². The average Bonchev–Trinajstić information content (AvgIpc) is 2.81. The zero-order valence-corrected chi connectivity index (χ0v) is 13.3. The van der Waals surface area contributed by atoms with Gasteiger partial charge in [-0.15, -0.1) is 0 Å². The highest BCUT2D eigenvalue weighted by atomic mass is 16.4. The van der Waals surface area contributed by atoms with Crippen molar-refractivity contribution in [2.75, 3.05) is 0 Å². The Kier molecular flexibility index (Phi) is 8.41. The first-order valence-corrected chi connectivity index (χ1v) is 8.15. The van der Waals surface area contributed by atoms with Crippen LogP contribution in [-0.2, 0) is 14.4 Å². The fourth-order valence-electron chi connectivity index (χ4n) is 2.76. The Morgan fingerprint density at radius 1 is 1.27 bits per heavy atom. The van der Waals surface area contributed by atoms with E-state index >= 15 is 0 Å². The number of carboxylic acid groups (broad SMARTS) is 1. The number of hydrogen-bond donors (Lipinski definition) is 1. The van der Waals surface area contributed by atoms with Crippen LogP contribution in [0, 0.1) is 11.8 Å². The minimum absolute atomic E-state index is 0.0265. The molecule has 22 heavy (non-hydrogen) atoms. The molecule has 0 heterocycles. The lowest BCUT2D eigenvalue weighted by Crippen LogP contribution is -2.12. The number of carboxylic acids is 1. The van der Waals surface area contributed by atoms with Crippen LogP contribution in [0.3, 0.4) is 0 Å². The summed E-state index contributed by atoms with van der Waals surface area (Å²) in [6, 6.07) is 0. The van der Waals surface area contributed by atoms with Gasteiger partial charge in [0.1, 0.15) is 5.78 Å². The molecule has 0 amide bonds. The molecule has 0 bridgehead atoms. The SMILES string of the molecule is CCCC(=O)/C=C/C1CCC(=O)C1C/C=C/CCCC(=O)O. The summed E-state index contributed by atoms with van der Waals surface area (Å²) in [4.78, 5) is 33.9. The van der Waals surface area contributed by atoms with Crippen LogP contribution < -0.4 is 0 Å². The van der Waals surface area contributed by atoms with E-state index in [2.05, 4.69) is 0 Å². The van der Waals surface area contributed by atoms with E-state index in [9.17, 15) is 14.4 Å². The van der Waals surface area contributed by atoms with Gasteiger partial charge in [-0.25, -0.2) is 0 Å². The fraction of sp³-hybridized carbons (Fsp3) is 0.611. The molecule has 2 unspecified atom stereocenters. The van der Waals surface area contributed by atoms with Crippen LogP contribution >= 0.6 is 0 Å². The quantitative estimate of drug-likeness (QED) is 0.379. The second-order valence-corrected chi connectivity index (χ2v) is 5.84. The maximum atomic E-state index is 11.9. The first-order valence-electron chi connectivity index (χ1n) is 8.15. The molecule has 1 saturated carbocycles. The summed E-state index contributed by atoms with van der Waals surface area (Å²) in [7, 11) is 0. The van der Waals surface area contributed by atoms with Crippen molar-refractivity contribution in [1.82, 2.24) is 0 Å². The van der Waals surface area contributed by atoms with Crippen LogP contribution in [0.25, 0.3) is 0 Å². The molecule has 0 radical (unpaired) electrons. The topological polar surface area (TPSA) is 71.4 Å². The van der Waals surface area contributed by atoms with Crippen LogP contribution in [0.15, 0.2) is 24.3 Å². The summed E-state index contributed by atoms with van der Waals surface area (Å²) in [6.07, 6.45) is 12.5. The third-order valence-corrected chi connectivity index (χ3v) is 4.00. The molecule has 0 aromatic carbocycles. The van der Waals surface area contributed by atoms with E-state index in [4.69, 9.17) is 5.11 Å². The largest absolute Gasteiger partial charge is 0.481 e. The second kappa shape index (κ2) is 10.1. The summed E-state index contributed by atoms with van der Waals surface area (Å²) in [6.45, 7) is 1.97. The Morgan fingerprint density at radius 3 is 2.73 bits per heavy atom. The van der Waals surface area contributed by atoms with Crippen molar-refractivity contribution in [3.63, 3.8) is 0 Å². The van der Waals surface area contributed by atoms with Crippen molar-refractivity contribution in [1.29, 1.82) is 0 Å². The Balaban J connectivity index is 2.41. The molecule has 0 aromatic rings. The third-order valence-electron chi connectivity index (χ3n) is 4.00. The number of hydrogen-bond acceptors (Lipinski definition) is 3. The summed E-state index contributed by atoms with van der Waals surface area (Å²) in [5.41, 5.74) is 0. The lowest BCUT2D eigenvalue weighted by Gasteiger charge is -2.12. The van der Waals surface area contributed by atoms with Gasteiger partial charge in [0, 0.05) is 25.2 Å². The molecule has 4 nitrogen and oxygen atoms in total. The van der Waals surface area contributed by atoms with Crippen LogP contribution in [-0.4, -0.2) is 22.6 Å². The summed E-state index contributed by atoms with van der Waals surface area (Å²) in [5, 5.41) is 8.55. The van der Waals surface area contributed by atoms with E-state index < -0.39 is 5.97 Å². The summed E-state index contributed by atoms with van der Waals surface area (Å²) >= 11 is 0. The van der Waals surface area contributed by atoms with Crippen molar-refractivity contribution < 1.29 is 19.5 Å². The number of unbranched alkanes of at least 4 members (excludes halogenated alkanes) is 1. The van der Waals surface area contributed by atoms with Crippen molar-refractivity contribution in [3.05, 3.63) is 24.3 Å². The number of aliphatic carboxylic acids is 1. The lowest BCUT2D eigenvalue weighted by molar-refractivity contribution is -0.137. The van der Waals surface area contributed by atoms with E-state index in [1.807, 2.05) is 25.2 Å². The van der Waals surface area contributed by atoms with E-state index in [0.717, 1.165) is 19.3 Å². The van der Waals surface area contributed by atoms with Gasteiger partial charge in [0.2, 0.25) is 0 Å². The highest BCUT2D eigenvalue weighted by Crippen LogP contribution is 2.32. The third kappa shape index (κ3) is 6.83. The van der Waals surface area contributed by atoms with Gasteiger partial charge in [-0.2, -0.15) is 0 Å². The van der Waals surface area contributed by atoms with Crippen LogP contribution in [0.5, 0.6) is 0 Å². The van der Waals surface area contributed by atoms with Crippen molar-refractivity contribution in [3.8, 4) is 0 Å². The first-order chi connectivity index (χ1) is 10.5.